The van der Waals surface area contributed by atoms with Gasteiger partial charge in [0.2, 0.25) is 0 Å². The average Bonchev–Trinajstić information content (AvgIpc) is 2.25. The Morgan fingerprint density at radius 2 is 2.06 bits per heavy atom. The number of hydrogen-bond donors (Lipinski definition) is 0. The molecule has 1 aromatic carbocycles. The van der Waals surface area contributed by atoms with Crippen LogP contribution in [0.25, 0.3) is 0 Å². The Hall–Kier alpha value is -1.19. The molecule has 0 aliphatic rings. The van der Waals surface area contributed by atoms with Crippen molar-refractivity contribution >= 4 is 19.7 Å². The van der Waals surface area contributed by atoms with E-state index in [9.17, 15) is 17.2 Å². The Morgan fingerprint density at radius 3 is 2.41 bits per heavy atom. The van der Waals surface area contributed by atoms with Gasteiger partial charge in [-0.2, -0.15) is 5.26 Å². The number of nitrogens with zero attached hydrogens (tertiary/aromatic N) is 1. The molecule has 3 nitrogen and oxygen atoms in total. The van der Waals surface area contributed by atoms with E-state index in [2.05, 4.69) is 0 Å². The van der Waals surface area contributed by atoms with Crippen LogP contribution in [0.2, 0.25) is 0 Å². The minimum Gasteiger partial charge on any atom is -0.207 e. The lowest BCUT2D eigenvalue weighted by Gasteiger charge is -2.10. The summed E-state index contributed by atoms with van der Waals surface area (Å²) in [7, 11) is 1.13. The van der Waals surface area contributed by atoms with Gasteiger partial charge >= 0.3 is 0 Å². The van der Waals surface area contributed by atoms with E-state index < -0.39 is 21.0 Å². The maximum atomic E-state index is 12.6. The van der Waals surface area contributed by atoms with Crippen molar-refractivity contribution in [2.75, 3.05) is 0 Å². The highest BCUT2D eigenvalue weighted by Gasteiger charge is 2.23. The van der Waals surface area contributed by atoms with Gasteiger partial charge in [0.15, 0.2) is 0 Å². The lowest BCUT2D eigenvalue weighted by atomic mass is 10.0. The normalized spacial score (nSPS) is 11.5. The van der Waals surface area contributed by atoms with Gasteiger partial charge in [0.05, 0.1) is 16.5 Å². The van der Waals surface area contributed by atoms with E-state index in [1.54, 1.807) is 13.0 Å². The Kier molecular flexibility index (Phi) is 4.07. The molecule has 0 radical (unpaired) electrons. The second-order valence-corrected chi connectivity index (χ2v) is 5.74. The molecule has 0 heterocycles. The number of benzene rings is 1. The lowest BCUT2D eigenvalue weighted by Crippen LogP contribution is -2.04. The van der Waals surface area contributed by atoms with E-state index >= 15 is 0 Å². The van der Waals surface area contributed by atoms with Crippen molar-refractivity contribution in [2.24, 2.45) is 0 Å². The number of nitriles is 1. The van der Waals surface area contributed by atoms with Gasteiger partial charge in [0.25, 0.3) is 15.5 Å². The summed E-state index contributed by atoms with van der Waals surface area (Å²) in [5, 5.41) is 8.85. The minimum atomic E-state index is -4.04. The van der Waals surface area contributed by atoms with E-state index in [0.717, 1.165) is 12.1 Å². The molecule has 0 spiro atoms. The summed E-state index contributed by atoms with van der Waals surface area (Å²) in [4.78, 5) is -0.289. The summed E-state index contributed by atoms with van der Waals surface area (Å²) in [5.74, 6) is 0. The second-order valence-electron chi connectivity index (χ2n) is 3.21. The van der Waals surface area contributed by atoms with Crippen molar-refractivity contribution in [3.8, 4) is 6.07 Å². The molecule has 92 valence electrons. The maximum absolute atomic E-state index is 12.6. The molecule has 0 bridgehead atoms. The third-order valence-corrected chi connectivity index (χ3v) is 3.67. The summed E-state index contributed by atoms with van der Waals surface area (Å²) < 4.78 is 47.7. The second kappa shape index (κ2) is 4.98. The summed E-state index contributed by atoms with van der Waals surface area (Å²) in [6, 6.07) is 3.52. The van der Waals surface area contributed by atoms with Crippen LogP contribution in [0.4, 0.5) is 8.78 Å². The average molecular weight is 280 g/mol. The Morgan fingerprint density at radius 1 is 1.47 bits per heavy atom. The highest BCUT2D eigenvalue weighted by molar-refractivity contribution is 8.13. The first kappa shape index (κ1) is 13.9. The summed E-state index contributed by atoms with van der Waals surface area (Å²) in [5.41, 5.74) is -0.766. The number of alkyl halides is 2. The van der Waals surface area contributed by atoms with E-state index in [-0.39, 0.29) is 22.4 Å². The zero-order valence-electron chi connectivity index (χ0n) is 8.75. The molecular weight excluding hydrogens is 272 g/mol. The molecule has 0 aliphatic carbocycles. The van der Waals surface area contributed by atoms with Crippen LogP contribution in [-0.2, 0) is 15.5 Å². The van der Waals surface area contributed by atoms with Gasteiger partial charge in [0.1, 0.15) is 0 Å². The highest BCUT2D eigenvalue weighted by atomic mass is 35.7. The lowest BCUT2D eigenvalue weighted by molar-refractivity contribution is 0.151. The van der Waals surface area contributed by atoms with E-state index in [4.69, 9.17) is 15.9 Å². The molecule has 0 amide bonds. The fraction of sp³-hybridized carbons (Fsp3) is 0.300. The number of rotatable bonds is 3. The van der Waals surface area contributed by atoms with Crippen LogP contribution in [0.5, 0.6) is 0 Å². The van der Waals surface area contributed by atoms with Crippen molar-refractivity contribution < 1.29 is 17.2 Å². The van der Waals surface area contributed by atoms with Crippen LogP contribution in [0.15, 0.2) is 17.0 Å². The van der Waals surface area contributed by atoms with Crippen molar-refractivity contribution in [3.05, 3.63) is 28.8 Å². The quantitative estimate of drug-likeness (QED) is 0.799. The first-order chi connectivity index (χ1) is 7.82. The predicted molar refractivity (Wildman–Crippen MR) is 58.5 cm³/mol. The van der Waals surface area contributed by atoms with Gasteiger partial charge in [-0.15, -0.1) is 0 Å². The topological polar surface area (TPSA) is 57.9 Å². The molecule has 1 aromatic rings. The van der Waals surface area contributed by atoms with Gasteiger partial charge < -0.3 is 0 Å². The van der Waals surface area contributed by atoms with E-state index in [1.807, 2.05) is 0 Å². The van der Waals surface area contributed by atoms with Crippen LogP contribution in [0.3, 0.4) is 0 Å². The fourth-order valence-electron chi connectivity index (χ4n) is 1.54. The monoisotopic (exact) mass is 279 g/mol. The highest BCUT2D eigenvalue weighted by Crippen LogP contribution is 2.31. The Bertz CT molecular complexity index is 579. The van der Waals surface area contributed by atoms with Gasteiger partial charge in [-0.3, -0.25) is 0 Å². The van der Waals surface area contributed by atoms with Gasteiger partial charge in [-0.25, -0.2) is 17.2 Å². The molecule has 17 heavy (non-hydrogen) atoms. The van der Waals surface area contributed by atoms with Gasteiger partial charge in [-0.05, 0) is 18.1 Å². The Labute approximate surface area is 102 Å². The summed E-state index contributed by atoms with van der Waals surface area (Å²) >= 11 is 0. The van der Waals surface area contributed by atoms with E-state index in [1.165, 1.54) is 0 Å². The first-order valence-corrected chi connectivity index (χ1v) is 6.92. The summed E-state index contributed by atoms with van der Waals surface area (Å²) in [6.45, 7) is 1.57. The largest absolute Gasteiger partial charge is 0.265 e. The van der Waals surface area contributed by atoms with Crippen LogP contribution >= 0.6 is 10.7 Å². The SMILES string of the molecule is CCc1c(S(=O)(=O)Cl)ccc(C(F)F)c1C#N. The van der Waals surface area contributed by atoms with Crippen molar-refractivity contribution in [1.82, 2.24) is 0 Å². The standard InChI is InChI=1S/C10H8ClF2NO2S/c1-2-6-8(5-14)7(10(12)13)3-4-9(6)17(11,15)16/h3-4,10H,2H2,1H3. The molecule has 1 rings (SSSR count). The van der Waals surface area contributed by atoms with E-state index in [0.29, 0.717) is 0 Å². The minimum absolute atomic E-state index is 0.0281. The van der Waals surface area contributed by atoms with Gasteiger partial charge in [0, 0.05) is 16.2 Å². The Balaban J connectivity index is 3.68. The van der Waals surface area contributed by atoms with Crippen molar-refractivity contribution in [1.29, 1.82) is 5.26 Å². The molecule has 0 fully saturated rings. The maximum Gasteiger partial charge on any atom is 0.265 e. The number of halogens is 3. The van der Waals surface area contributed by atoms with Crippen LogP contribution < -0.4 is 0 Å². The number of hydrogen-bond acceptors (Lipinski definition) is 3. The molecule has 0 aliphatic heterocycles. The third-order valence-electron chi connectivity index (χ3n) is 2.27. The third kappa shape index (κ3) is 2.73. The van der Waals surface area contributed by atoms with Gasteiger partial charge in [-0.1, -0.05) is 13.0 Å². The zero-order chi connectivity index (χ0) is 13.2. The fourth-order valence-corrected chi connectivity index (χ4v) is 2.75. The molecule has 0 atom stereocenters. The smallest absolute Gasteiger partial charge is 0.207 e. The molecule has 0 saturated heterocycles. The molecule has 0 saturated carbocycles. The first-order valence-electron chi connectivity index (χ1n) is 4.61. The molecular formula is C10H8ClF2NO2S. The molecule has 7 heteroatoms. The molecule has 0 N–H and O–H groups in total. The predicted octanol–water partition coefficient (Wildman–Crippen LogP) is 2.99. The van der Waals surface area contributed by atoms with Crippen LogP contribution in [0.1, 0.15) is 30.0 Å². The van der Waals surface area contributed by atoms with Crippen LogP contribution in [0, 0.1) is 11.3 Å². The van der Waals surface area contributed by atoms with Crippen molar-refractivity contribution in [2.45, 2.75) is 24.7 Å². The molecule has 0 aromatic heterocycles. The zero-order valence-corrected chi connectivity index (χ0v) is 10.3. The molecule has 0 unspecified atom stereocenters. The van der Waals surface area contributed by atoms with Crippen molar-refractivity contribution in [3.63, 3.8) is 0 Å². The van der Waals surface area contributed by atoms with Crippen LogP contribution in [-0.4, -0.2) is 8.42 Å². The summed E-state index contributed by atoms with van der Waals surface area (Å²) in [6.07, 6.45) is -2.70.